The molecule has 0 atom stereocenters. The molecule has 0 saturated heterocycles. The molecule has 24 heavy (non-hydrogen) atoms. The van der Waals surface area contributed by atoms with Gasteiger partial charge in [0.15, 0.2) is 0 Å². The number of carbonyl (C=O) groups excluding carboxylic acids is 1. The number of ether oxygens (including phenoxy) is 1. The first-order chi connectivity index (χ1) is 11.6. The van der Waals surface area contributed by atoms with Gasteiger partial charge < -0.3 is 10.1 Å². The van der Waals surface area contributed by atoms with Gasteiger partial charge in [0, 0.05) is 11.1 Å². The lowest BCUT2D eigenvalue weighted by Crippen LogP contribution is -2.15. The third-order valence-electron chi connectivity index (χ3n) is 3.44. The fourth-order valence-corrected chi connectivity index (χ4v) is 2.33. The molecule has 1 amide bonds. The maximum absolute atomic E-state index is 12.4. The van der Waals surface area contributed by atoms with Crippen molar-refractivity contribution in [3.63, 3.8) is 0 Å². The number of hydrogen-bond donors (Lipinski definition) is 1. The summed E-state index contributed by atoms with van der Waals surface area (Å²) in [6.45, 7) is 1.85. The molecule has 0 fully saturated rings. The standard InChI is InChI=1S/C17H15ClN4O2/c1-11-8-14(15(24-2)9-13(11)18)20-17(23)16-19-10-22(21-16)12-6-4-3-5-7-12/h3-10H,1-2H3,(H,20,23). The van der Waals surface area contributed by atoms with Crippen LogP contribution in [0.25, 0.3) is 5.69 Å². The van der Waals surface area contributed by atoms with Crippen molar-refractivity contribution in [3.05, 3.63) is 65.2 Å². The molecular formula is C17H15ClN4O2. The van der Waals surface area contributed by atoms with Crippen molar-refractivity contribution in [1.82, 2.24) is 14.8 Å². The van der Waals surface area contributed by atoms with Gasteiger partial charge in [0.1, 0.15) is 12.1 Å². The van der Waals surface area contributed by atoms with Crippen molar-refractivity contribution in [1.29, 1.82) is 0 Å². The highest BCUT2D eigenvalue weighted by atomic mass is 35.5. The molecule has 3 aromatic rings. The zero-order chi connectivity index (χ0) is 17.1. The number of anilines is 1. The zero-order valence-corrected chi connectivity index (χ0v) is 13.9. The average Bonchev–Trinajstić information content (AvgIpc) is 3.09. The molecule has 3 rings (SSSR count). The molecule has 0 bridgehead atoms. The lowest BCUT2D eigenvalue weighted by molar-refractivity contribution is 0.101. The van der Waals surface area contributed by atoms with E-state index in [1.54, 1.807) is 16.8 Å². The van der Waals surface area contributed by atoms with Gasteiger partial charge in [-0.1, -0.05) is 29.8 Å². The summed E-state index contributed by atoms with van der Waals surface area (Å²) in [5.41, 5.74) is 2.17. The number of carbonyl (C=O) groups is 1. The van der Waals surface area contributed by atoms with Crippen LogP contribution in [0.5, 0.6) is 5.75 Å². The van der Waals surface area contributed by atoms with E-state index in [0.717, 1.165) is 11.3 Å². The molecule has 0 aliphatic carbocycles. The Labute approximate surface area is 144 Å². The molecule has 1 aromatic heterocycles. The molecule has 0 saturated carbocycles. The summed E-state index contributed by atoms with van der Waals surface area (Å²) in [5, 5.41) is 7.51. The predicted octanol–water partition coefficient (Wildman–Crippen LogP) is 3.49. The Hall–Kier alpha value is -2.86. The van der Waals surface area contributed by atoms with E-state index in [2.05, 4.69) is 15.4 Å². The van der Waals surface area contributed by atoms with Crippen molar-refractivity contribution < 1.29 is 9.53 Å². The number of halogens is 1. The van der Waals surface area contributed by atoms with E-state index >= 15 is 0 Å². The lowest BCUT2D eigenvalue weighted by atomic mass is 10.2. The number of rotatable bonds is 4. The first-order valence-electron chi connectivity index (χ1n) is 7.21. The normalized spacial score (nSPS) is 10.5. The Kier molecular flexibility index (Phi) is 4.48. The number of aromatic nitrogens is 3. The highest BCUT2D eigenvalue weighted by Crippen LogP contribution is 2.31. The highest BCUT2D eigenvalue weighted by Gasteiger charge is 2.15. The summed E-state index contributed by atoms with van der Waals surface area (Å²) in [7, 11) is 1.51. The number of nitrogens with zero attached hydrogens (tertiary/aromatic N) is 3. The summed E-state index contributed by atoms with van der Waals surface area (Å²) in [6.07, 6.45) is 1.49. The average molecular weight is 343 g/mol. The molecule has 122 valence electrons. The first-order valence-corrected chi connectivity index (χ1v) is 7.59. The minimum absolute atomic E-state index is 0.0634. The molecular weight excluding hydrogens is 328 g/mol. The Morgan fingerprint density at radius 2 is 2.00 bits per heavy atom. The van der Waals surface area contributed by atoms with Gasteiger partial charge in [-0.05, 0) is 30.7 Å². The van der Waals surface area contributed by atoms with Crippen LogP contribution in [0, 0.1) is 6.92 Å². The van der Waals surface area contributed by atoms with Gasteiger partial charge >= 0.3 is 0 Å². The van der Waals surface area contributed by atoms with E-state index < -0.39 is 5.91 Å². The van der Waals surface area contributed by atoms with Crippen molar-refractivity contribution in [2.75, 3.05) is 12.4 Å². The Balaban J connectivity index is 1.84. The van der Waals surface area contributed by atoms with Gasteiger partial charge in [0.05, 0.1) is 18.5 Å². The summed E-state index contributed by atoms with van der Waals surface area (Å²) >= 11 is 6.07. The molecule has 1 N–H and O–H groups in total. The number of para-hydroxylation sites is 1. The summed E-state index contributed by atoms with van der Waals surface area (Å²) in [4.78, 5) is 16.4. The Morgan fingerprint density at radius 1 is 1.25 bits per heavy atom. The summed E-state index contributed by atoms with van der Waals surface area (Å²) in [6, 6.07) is 12.8. The van der Waals surface area contributed by atoms with Gasteiger partial charge in [-0.25, -0.2) is 9.67 Å². The third-order valence-corrected chi connectivity index (χ3v) is 3.85. The van der Waals surface area contributed by atoms with Crippen molar-refractivity contribution in [3.8, 4) is 11.4 Å². The Morgan fingerprint density at radius 3 is 2.71 bits per heavy atom. The summed E-state index contributed by atoms with van der Waals surface area (Å²) < 4.78 is 6.79. The van der Waals surface area contributed by atoms with Crippen LogP contribution >= 0.6 is 11.6 Å². The number of nitrogens with one attached hydrogen (secondary N) is 1. The van der Waals surface area contributed by atoms with E-state index in [-0.39, 0.29) is 5.82 Å². The molecule has 0 aliphatic heterocycles. The van der Waals surface area contributed by atoms with Crippen molar-refractivity contribution in [2.45, 2.75) is 6.92 Å². The van der Waals surface area contributed by atoms with Crippen molar-refractivity contribution >= 4 is 23.2 Å². The third kappa shape index (κ3) is 3.23. The van der Waals surface area contributed by atoms with Crippen LogP contribution < -0.4 is 10.1 Å². The smallest absolute Gasteiger partial charge is 0.295 e. The van der Waals surface area contributed by atoms with Gasteiger partial charge in [0.2, 0.25) is 5.82 Å². The zero-order valence-electron chi connectivity index (χ0n) is 13.2. The molecule has 0 radical (unpaired) electrons. The van der Waals surface area contributed by atoms with Crippen LogP contribution in [0.1, 0.15) is 16.2 Å². The summed E-state index contributed by atoms with van der Waals surface area (Å²) in [5.74, 6) is 0.111. The predicted molar refractivity (Wildman–Crippen MR) is 92.1 cm³/mol. The second-order valence-corrected chi connectivity index (χ2v) is 5.51. The van der Waals surface area contributed by atoms with Crippen LogP contribution in [0.3, 0.4) is 0 Å². The number of benzene rings is 2. The molecule has 2 aromatic carbocycles. The second kappa shape index (κ2) is 6.72. The quantitative estimate of drug-likeness (QED) is 0.788. The first kappa shape index (κ1) is 16.0. The number of hydrogen-bond acceptors (Lipinski definition) is 4. The monoisotopic (exact) mass is 342 g/mol. The van der Waals surface area contributed by atoms with Gasteiger partial charge in [-0.2, -0.15) is 0 Å². The van der Waals surface area contributed by atoms with Crippen LogP contribution in [0.4, 0.5) is 5.69 Å². The van der Waals surface area contributed by atoms with Gasteiger partial charge in [-0.15, -0.1) is 5.10 Å². The van der Waals surface area contributed by atoms with E-state index in [1.807, 2.05) is 37.3 Å². The minimum Gasteiger partial charge on any atom is -0.495 e. The van der Waals surface area contributed by atoms with Crippen molar-refractivity contribution in [2.24, 2.45) is 0 Å². The lowest BCUT2D eigenvalue weighted by Gasteiger charge is -2.11. The largest absolute Gasteiger partial charge is 0.495 e. The van der Waals surface area contributed by atoms with E-state index in [4.69, 9.17) is 16.3 Å². The fourth-order valence-electron chi connectivity index (χ4n) is 2.18. The number of aryl methyl sites for hydroxylation is 1. The molecule has 0 unspecified atom stereocenters. The fraction of sp³-hybridized carbons (Fsp3) is 0.118. The SMILES string of the molecule is COc1cc(Cl)c(C)cc1NC(=O)c1ncn(-c2ccccc2)n1. The topological polar surface area (TPSA) is 69.0 Å². The maximum Gasteiger partial charge on any atom is 0.295 e. The van der Waals surface area contributed by atoms with Crippen LogP contribution in [-0.2, 0) is 0 Å². The molecule has 1 heterocycles. The Bertz CT molecular complexity index is 878. The van der Waals surface area contributed by atoms with E-state index in [9.17, 15) is 4.79 Å². The molecule has 6 nitrogen and oxygen atoms in total. The maximum atomic E-state index is 12.4. The molecule has 0 spiro atoms. The van der Waals surface area contributed by atoms with Crippen LogP contribution in [-0.4, -0.2) is 27.8 Å². The van der Waals surface area contributed by atoms with E-state index in [0.29, 0.717) is 16.5 Å². The number of amides is 1. The minimum atomic E-state index is -0.426. The van der Waals surface area contributed by atoms with Gasteiger partial charge in [-0.3, -0.25) is 4.79 Å². The number of methoxy groups -OCH3 is 1. The second-order valence-electron chi connectivity index (χ2n) is 5.10. The molecule has 7 heteroatoms. The van der Waals surface area contributed by atoms with E-state index in [1.165, 1.54) is 13.4 Å². The highest BCUT2D eigenvalue weighted by molar-refractivity contribution is 6.31. The molecule has 0 aliphatic rings. The van der Waals surface area contributed by atoms with Crippen LogP contribution in [0.2, 0.25) is 5.02 Å². The van der Waals surface area contributed by atoms with Gasteiger partial charge in [0.25, 0.3) is 5.91 Å². The van der Waals surface area contributed by atoms with Crippen LogP contribution in [0.15, 0.2) is 48.8 Å².